The van der Waals surface area contributed by atoms with Gasteiger partial charge in [-0.1, -0.05) is 12.1 Å². The summed E-state index contributed by atoms with van der Waals surface area (Å²) < 4.78 is 2.08. The highest BCUT2D eigenvalue weighted by Crippen LogP contribution is 2.31. The molecule has 3 rings (SSSR count). The van der Waals surface area contributed by atoms with E-state index in [1.54, 1.807) is 17.5 Å². The Morgan fingerprint density at radius 2 is 2.26 bits per heavy atom. The minimum Gasteiger partial charge on any atom is -0.326 e. The van der Waals surface area contributed by atoms with E-state index < -0.39 is 0 Å². The number of aromatic nitrogens is 2. The summed E-state index contributed by atoms with van der Waals surface area (Å²) in [5, 5.41) is 2.81. The fraction of sp³-hybridized carbons (Fsp3) is 0.143. The Bertz CT molecular complexity index is 757. The maximum absolute atomic E-state index is 11.1. The van der Waals surface area contributed by atoms with Gasteiger partial charge in [-0.2, -0.15) is 0 Å². The molecule has 1 amide bonds. The number of benzene rings is 1. The van der Waals surface area contributed by atoms with Crippen LogP contribution in [0.3, 0.4) is 0 Å². The molecule has 1 aromatic carbocycles. The molecule has 0 atom stereocenters. The van der Waals surface area contributed by atoms with E-state index in [2.05, 4.69) is 21.6 Å². The van der Waals surface area contributed by atoms with Crippen molar-refractivity contribution in [3.63, 3.8) is 0 Å². The predicted molar refractivity (Wildman–Crippen MR) is 77.5 cm³/mol. The number of nitrogens with one attached hydrogen (secondary N) is 1. The number of imidazole rings is 1. The highest BCUT2D eigenvalue weighted by atomic mass is 32.1. The summed E-state index contributed by atoms with van der Waals surface area (Å²) in [5.74, 6) is -0.0630. The van der Waals surface area contributed by atoms with Crippen LogP contribution in [-0.2, 0) is 4.79 Å². The first-order chi connectivity index (χ1) is 9.15. The van der Waals surface area contributed by atoms with E-state index in [1.807, 2.05) is 30.5 Å². The second-order valence-corrected chi connectivity index (χ2v) is 5.53. The van der Waals surface area contributed by atoms with Crippen molar-refractivity contribution in [1.29, 1.82) is 0 Å². The maximum Gasteiger partial charge on any atom is 0.221 e. The van der Waals surface area contributed by atoms with Gasteiger partial charge in [0.15, 0.2) is 4.96 Å². The van der Waals surface area contributed by atoms with Crippen molar-refractivity contribution in [3.05, 3.63) is 41.5 Å². The van der Waals surface area contributed by atoms with Crippen LogP contribution in [0.5, 0.6) is 0 Å². The van der Waals surface area contributed by atoms with Gasteiger partial charge in [0.2, 0.25) is 5.91 Å². The average Bonchev–Trinajstić information content (AvgIpc) is 2.87. The zero-order valence-corrected chi connectivity index (χ0v) is 11.5. The van der Waals surface area contributed by atoms with E-state index in [1.165, 1.54) is 11.8 Å². The van der Waals surface area contributed by atoms with Gasteiger partial charge in [-0.05, 0) is 19.1 Å². The number of hydrogen-bond acceptors (Lipinski definition) is 3. The number of rotatable bonds is 2. The lowest BCUT2D eigenvalue weighted by Crippen LogP contribution is -2.05. The Morgan fingerprint density at radius 1 is 1.42 bits per heavy atom. The fourth-order valence-corrected chi connectivity index (χ4v) is 3.13. The molecule has 96 valence electrons. The van der Waals surface area contributed by atoms with Gasteiger partial charge in [0.25, 0.3) is 0 Å². The summed E-state index contributed by atoms with van der Waals surface area (Å²) in [7, 11) is 0. The van der Waals surface area contributed by atoms with E-state index >= 15 is 0 Å². The molecule has 0 aliphatic carbocycles. The molecule has 4 nitrogen and oxygen atoms in total. The molecule has 0 radical (unpaired) electrons. The van der Waals surface area contributed by atoms with Gasteiger partial charge in [0.05, 0.1) is 5.69 Å². The highest BCUT2D eigenvalue weighted by Gasteiger charge is 2.11. The van der Waals surface area contributed by atoms with Gasteiger partial charge < -0.3 is 5.32 Å². The molecule has 19 heavy (non-hydrogen) atoms. The van der Waals surface area contributed by atoms with Crippen molar-refractivity contribution >= 4 is 27.9 Å². The largest absolute Gasteiger partial charge is 0.326 e. The summed E-state index contributed by atoms with van der Waals surface area (Å²) in [6.45, 7) is 3.59. The predicted octanol–water partition coefficient (Wildman–Crippen LogP) is 3.33. The summed E-state index contributed by atoms with van der Waals surface area (Å²) in [6, 6.07) is 7.86. The second-order valence-electron chi connectivity index (χ2n) is 4.35. The van der Waals surface area contributed by atoms with Gasteiger partial charge in [-0.15, -0.1) is 11.3 Å². The molecule has 5 heteroatoms. The first-order valence-electron chi connectivity index (χ1n) is 5.95. The van der Waals surface area contributed by atoms with Gasteiger partial charge in [-0.25, -0.2) is 4.98 Å². The minimum absolute atomic E-state index is 0.0630. The van der Waals surface area contributed by atoms with Crippen LogP contribution >= 0.6 is 11.3 Å². The number of aryl methyl sites for hydroxylation is 1. The van der Waals surface area contributed by atoms with Crippen molar-refractivity contribution in [2.24, 2.45) is 0 Å². The molecule has 0 saturated heterocycles. The number of nitrogens with zero attached hydrogens (tertiary/aromatic N) is 2. The molecular formula is C14H13N3OS. The van der Waals surface area contributed by atoms with Crippen molar-refractivity contribution < 1.29 is 4.79 Å². The lowest BCUT2D eigenvalue weighted by Gasteiger charge is -2.06. The van der Waals surface area contributed by atoms with E-state index in [-0.39, 0.29) is 5.91 Å². The van der Waals surface area contributed by atoms with Gasteiger partial charge in [0, 0.05) is 35.4 Å². The molecule has 0 aliphatic rings. The summed E-state index contributed by atoms with van der Waals surface area (Å²) in [4.78, 5) is 17.6. The van der Waals surface area contributed by atoms with Crippen LogP contribution in [0.25, 0.3) is 16.2 Å². The molecule has 0 aliphatic heterocycles. The Hall–Kier alpha value is -2.14. The zero-order valence-electron chi connectivity index (χ0n) is 10.7. The molecule has 0 saturated carbocycles. The Balaban J connectivity index is 2.13. The number of amides is 1. The van der Waals surface area contributed by atoms with E-state index in [0.29, 0.717) is 0 Å². The molecule has 0 spiro atoms. The van der Waals surface area contributed by atoms with Crippen LogP contribution in [0.2, 0.25) is 0 Å². The fourth-order valence-electron chi connectivity index (χ4n) is 2.18. The average molecular weight is 271 g/mol. The third-order valence-corrected chi connectivity index (χ3v) is 3.87. The third kappa shape index (κ3) is 2.13. The number of anilines is 1. The highest BCUT2D eigenvalue weighted by molar-refractivity contribution is 7.17. The quantitative estimate of drug-likeness (QED) is 0.777. The number of thiazole rings is 1. The van der Waals surface area contributed by atoms with E-state index in [9.17, 15) is 4.79 Å². The van der Waals surface area contributed by atoms with E-state index in [0.717, 1.165) is 21.9 Å². The number of carbonyl (C=O) groups excluding carboxylic acids is 1. The van der Waals surface area contributed by atoms with Crippen LogP contribution in [0.1, 0.15) is 11.8 Å². The maximum atomic E-state index is 11.1. The number of hydrogen-bond donors (Lipinski definition) is 1. The van der Waals surface area contributed by atoms with Crippen LogP contribution in [0, 0.1) is 6.92 Å². The number of carbonyl (C=O) groups is 1. The molecule has 1 N–H and O–H groups in total. The summed E-state index contributed by atoms with van der Waals surface area (Å²) in [6.07, 6.45) is 3.76. The second kappa shape index (κ2) is 4.51. The van der Waals surface area contributed by atoms with Gasteiger partial charge in [0.1, 0.15) is 0 Å². The molecule has 0 unspecified atom stereocenters. The molecule has 2 aromatic heterocycles. The standard InChI is InChI=1S/C14H13N3OS/c1-9-13(17-7-6-15-14(17)19-9)11-4-3-5-12(8-11)16-10(2)18/h3-8H,1-2H3,(H,16,18). The smallest absolute Gasteiger partial charge is 0.221 e. The van der Waals surface area contributed by atoms with Crippen LogP contribution in [-0.4, -0.2) is 15.3 Å². The van der Waals surface area contributed by atoms with Crippen molar-refractivity contribution in [2.75, 3.05) is 5.32 Å². The Labute approximate surface area is 114 Å². The van der Waals surface area contributed by atoms with Crippen LogP contribution < -0.4 is 5.32 Å². The Morgan fingerprint density at radius 3 is 3.05 bits per heavy atom. The first-order valence-corrected chi connectivity index (χ1v) is 6.77. The van der Waals surface area contributed by atoms with Crippen molar-refractivity contribution in [2.45, 2.75) is 13.8 Å². The van der Waals surface area contributed by atoms with Crippen molar-refractivity contribution in [1.82, 2.24) is 9.38 Å². The normalized spacial score (nSPS) is 10.8. The van der Waals surface area contributed by atoms with Crippen LogP contribution in [0.15, 0.2) is 36.7 Å². The summed E-state index contributed by atoms with van der Waals surface area (Å²) in [5.41, 5.74) is 3.02. The molecular weight excluding hydrogens is 258 g/mol. The van der Waals surface area contributed by atoms with Gasteiger partial charge in [-0.3, -0.25) is 9.20 Å². The van der Waals surface area contributed by atoms with Crippen LogP contribution in [0.4, 0.5) is 5.69 Å². The summed E-state index contributed by atoms with van der Waals surface area (Å²) >= 11 is 1.66. The lowest BCUT2D eigenvalue weighted by molar-refractivity contribution is -0.114. The minimum atomic E-state index is -0.0630. The molecule has 0 fully saturated rings. The number of fused-ring (bicyclic) bond motifs is 1. The van der Waals surface area contributed by atoms with E-state index in [4.69, 9.17) is 0 Å². The van der Waals surface area contributed by atoms with Gasteiger partial charge >= 0.3 is 0 Å². The monoisotopic (exact) mass is 271 g/mol. The zero-order chi connectivity index (χ0) is 13.4. The topological polar surface area (TPSA) is 46.4 Å². The molecule has 0 bridgehead atoms. The SMILES string of the molecule is CC(=O)Nc1cccc(-c2c(C)sc3nccn23)c1. The lowest BCUT2D eigenvalue weighted by atomic mass is 10.1. The Kier molecular flexibility index (Phi) is 2.83. The third-order valence-electron chi connectivity index (χ3n) is 2.88. The molecule has 3 aromatic rings. The first kappa shape index (κ1) is 11.9. The molecule has 2 heterocycles. The van der Waals surface area contributed by atoms with Crippen molar-refractivity contribution in [3.8, 4) is 11.3 Å².